The number of methoxy groups -OCH3 is 2. The highest BCUT2D eigenvalue weighted by Gasteiger charge is 2.14. The van der Waals surface area contributed by atoms with Gasteiger partial charge in [-0.1, -0.05) is 18.2 Å². The molecule has 2 amide bonds. The first-order valence-corrected chi connectivity index (χ1v) is 9.29. The first kappa shape index (κ1) is 19.3. The Labute approximate surface area is 173 Å². The second-order valence-electron chi connectivity index (χ2n) is 6.60. The number of rotatable bonds is 5. The molecule has 2 heterocycles. The van der Waals surface area contributed by atoms with Gasteiger partial charge < -0.3 is 20.1 Å². The Kier molecular flexibility index (Phi) is 5.21. The molecule has 0 aliphatic heterocycles. The van der Waals surface area contributed by atoms with Crippen LogP contribution in [0.15, 0.2) is 61.1 Å². The second-order valence-corrected chi connectivity index (χ2v) is 6.60. The molecule has 2 aromatic heterocycles. The Bertz CT molecular complexity index is 1190. The maximum absolute atomic E-state index is 12.6. The van der Waals surface area contributed by atoms with Crippen molar-refractivity contribution in [2.24, 2.45) is 0 Å². The quantitative estimate of drug-likeness (QED) is 0.517. The number of anilines is 2. The highest BCUT2D eigenvalue weighted by molar-refractivity contribution is 6.01. The number of fused-ring (bicyclic) bond motifs is 1. The van der Waals surface area contributed by atoms with Crippen LogP contribution in [0, 0.1) is 6.92 Å². The molecule has 2 N–H and O–H groups in total. The highest BCUT2D eigenvalue weighted by atomic mass is 16.5. The van der Waals surface area contributed by atoms with Crippen LogP contribution in [0.25, 0.3) is 17.0 Å². The average Bonchev–Trinajstić information content (AvgIpc) is 3.19. The van der Waals surface area contributed by atoms with Crippen molar-refractivity contribution in [2.75, 3.05) is 24.9 Å². The number of ether oxygens (including phenoxy) is 2. The molecule has 4 aromatic rings. The molecule has 2 aromatic carbocycles. The number of benzene rings is 2. The Morgan fingerprint density at radius 3 is 2.63 bits per heavy atom. The van der Waals surface area contributed by atoms with E-state index in [-0.39, 0.29) is 0 Å². The summed E-state index contributed by atoms with van der Waals surface area (Å²) in [4.78, 5) is 21.4. The van der Waals surface area contributed by atoms with Gasteiger partial charge in [0.05, 0.1) is 25.6 Å². The fourth-order valence-corrected chi connectivity index (χ4v) is 3.15. The maximum Gasteiger partial charge on any atom is 0.323 e. The molecule has 0 unspecified atom stereocenters. The smallest absolute Gasteiger partial charge is 0.323 e. The van der Waals surface area contributed by atoms with Gasteiger partial charge in [0.1, 0.15) is 0 Å². The van der Waals surface area contributed by atoms with E-state index in [4.69, 9.17) is 9.47 Å². The van der Waals surface area contributed by atoms with Crippen LogP contribution in [0.1, 0.15) is 5.56 Å². The summed E-state index contributed by atoms with van der Waals surface area (Å²) in [6, 6.07) is 12.5. The van der Waals surface area contributed by atoms with Crippen molar-refractivity contribution in [1.82, 2.24) is 14.4 Å². The molecule has 0 radical (unpaired) electrons. The average molecular weight is 403 g/mol. The predicted molar refractivity (Wildman–Crippen MR) is 115 cm³/mol. The number of carbonyl (C=O) groups excluding carboxylic acids is 1. The molecule has 8 heteroatoms. The van der Waals surface area contributed by atoms with E-state index in [1.807, 2.05) is 48.0 Å². The molecule has 0 bridgehead atoms. The molecular formula is C22H21N5O3. The molecule has 0 atom stereocenters. The number of para-hydroxylation sites is 1. The highest BCUT2D eigenvalue weighted by Crippen LogP contribution is 2.35. The van der Waals surface area contributed by atoms with E-state index >= 15 is 0 Å². The topological polar surface area (TPSA) is 89.8 Å². The van der Waals surface area contributed by atoms with Crippen LogP contribution in [-0.2, 0) is 0 Å². The zero-order valence-electron chi connectivity index (χ0n) is 16.8. The van der Waals surface area contributed by atoms with Gasteiger partial charge >= 0.3 is 6.03 Å². The number of imidazole rings is 1. The van der Waals surface area contributed by atoms with Gasteiger partial charge in [0, 0.05) is 29.8 Å². The molecule has 0 saturated heterocycles. The molecule has 0 spiro atoms. The summed E-state index contributed by atoms with van der Waals surface area (Å²) >= 11 is 0. The van der Waals surface area contributed by atoms with Crippen LogP contribution in [-0.4, -0.2) is 34.6 Å². The number of hydrogen-bond donors (Lipinski definition) is 2. The van der Waals surface area contributed by atoms with Gasteiger partial charge in [-0.2, -0.15) is 0 Å². The number of nitrogens with zero attached hydrogens (tertiary/aromatic N) is 3. The van der Waals surface area contributed by atoms with E-state index in [0.29, 0.717) is 28.7 Å². The molecular weight excluding hydrogens is 382 g/mol. The molecule has 30 heavy (non-hydrogen) atoms. The third-order valence-corrected chi connectivity index (χ3v) is 4.67. The van der Waals surface area contributed by atoms with E-state index in [0.717, 1.165) is 16.8 Å². The van der Waals surface area contributed by atoms with Gasteiger partial charge in [0.25, 0.3) is 0 Å². The zero-order chi connectivity index (χ0) is 21.1. The summed E-state index contributed by atoms with van der Waals surface area (Å²) in [7, 11) is 3.07. The van der Waals surface area contributed by atoms with Crippen LogP contribution in [0.3, 0.4) is 0 Å². The predicted octanol–water partition coefficient (Wildman–Crippen LogP) is 4.37. The SMILES string of the molecule is COc1cccc(NC(=O)Nc2cc(-c3cn4cccnc4n3)ccc2C)c1OC. The van der Waals surface area contributed by atoms with E-state index in [1.54, 1.807) is 31.5 Å². The first-order valence-electron chi connectivity index (χ1n) is 9.29. The standard InChI is InChI=1S/C22H21N5O3/c1-14-8-9-15(18-13-27-11-5-10-23-21(27)24-18)12-17(14)26-22(28)25-16-6-4-7-19(29-2)20(16)30-3/h4-13H,1-3H3,(H2,25,26,28). The third-order valence-electron chi connectivity index (χ3n) is 4.67. The Morgan fingerprint density at radius 2 is 1.87 bits per heavy atom. The van der Waals surface area contributed by atoms with Crippen LogP contribution >= 0.6 is 0 Å². The molecule has 0 saturated carbocycles. The fraction of sp³-hybridized carbons (Fsp3) is 0.136. The molecule has 0 aliphatic rings. The summed E-state index contributed by atoms with van der Waals surface area (Å²) in [6.07, 6.45) is 5.49. The van der Waals surface area contributed by atoms with Gasteiger partial charge in [-0.3, -0.25) is 4.40 Å². The van der Waals surface area contributed by atoms with Crippen molar-refractivity contribution < 1.29 is 14.3 Å². The summed E-state index contributed by atoms with van der Waals surface area (Å²) in [5, 5.41) is 5.70. The minimum absolute atomic E-state index is 0.390. The lowest BCUT2D eigenvalue weighted by Gasteiger charge is -2.15. The molecule has 152 valence electrons. The van der Waals surface area contributed by atoms with Crippen molar-refractivity contribution >= 4 is 23.2 Å². The minimum atomic E-state index is -0.390. The van der Waals surface area contributed by atoms with E-state index < -0.39 is 6.03 Å². The maximum atomic E-state index is 12.6. The normalized spacial score (nSPS) is 10.6. The van der Waals surface area contributed by atoms with Crippen molar-refractivity contribution in [1.29, 1.82) is 0 Å². The monoisotopic (exact) mass is 403 g/mol. The van der Waals surface area contributed by atoms with E-state index in [9.17, 15) is 4.79 Å². The summed E-state index contributed by atoms with van der Waals surface area (Å²) < 4.78 is 12.5. The second kappa shape index (κ2) is 8.12. The first-order chi connectivity index (χ1) is 14.6. The van der Waals surface area contributed by atoms with Gasteiger partial charge in [-0.15, -0.1) is 0 Å². The molecule has 4 rings (SSSR count). The lowest BCUT2D eigenvalue weighted by Crippen LogP contribution is -2.20. The Balaban J connectivity index is 1.57. The molecule has 8 nitrogen and oxygen atoms in total. The van der Waals surface area contributed by atoms with E-state index in [1.165, 1.54) is 7.11 Å². The van der Waals surface area contributed by atoms with Crippen molar-refractivity contribution in [3.05, 3.63) is 66.6 Å². The van der Waals surface area contributed by atoms with Crippen molar-refractivity contribution in [3.8, 4) is 22.8 Å². The van der Waals surface area contributed by atoms with Crippen molar-refractivity contribution in [3.63, 3.8) is 0 Å². The Morgan fingerprint density at radius 1 is 1.03 bits per heavy atom. The third kappa shape index (κ3) is 3.75. The van der Waals surface area contributed by atoms with Crippen molar-refractivity contribution in [2.45, 2.75) is 6.92 Å². The van der Waals surface area contributed by atoms with Crippen LogP contribution in [0.5, 0.6) is 11.5 Å². The number of carbonyl (C=O) groups is 1. The van der Waals surface area contributed by atoms with Crippen LogP contribution in [0.4, 0.5) is 16.2 Å². The fourth-order valence-electron chi connectivity index (χ4n) is 3.15. The largest absolute Gasteiger partial charge is 0.493 e. The molecule has 0 aliphatic carbocycles. The van der Waals surface area contributed by atoms with Gasteiger partial charge in [-0.25, -0.2) is 14.8 Å². The van der Waals surface area contributed by atoms with E-state index in [2.05, 4.69) is 20.6 Å². The minimum Gasteiger partial charge on any atom is -0.493 e. The molecule has 0 fully saturated rings. The summed E-state index contributed by atoms with van der Waals surface area (Å²) in [6.45, 7) is 1.93. The van der Waals surface area contributed by atoms with Gasteiger partial charge in [0.2, 0.25) is 5.78 Å². The Hall–Kier alpha value is -4.07. The van der Waals surface area contributed by atoms with Gasteiger partial charge in [0.15, 0.2) is 11.5 Å². The number of urea groups is 1. The number of hydrogen-bond acceptors (Lipinski definition) is 5. The van der Waals surface area contributed by atoms with Crippen LogP contribution < -0.4 is 20.1 Å². The number of aromatic nitrogens is 3. The number of aryl methyl sites for hydroxylation is 1. The van der Waals surface area contributed by atoms with Crippen LogP contribution in [0.2, 0.25) is 0 Å². The number of nitrogens with one attached hydrogen (secondary N) is 2. The number of amides is 2. The summed E-state index contributed by atoms with van der Waals surface area (Å²) in [5.41, 5.74) is 3.76. The zero-order valence-corrected chi connectivity index (χ0v) is 16.8. The lowest BCUT2D eigenvalue weighted by atomic mass is 10.1. The summed E-state index contributed by atoms with van der Waals surface area (Å²) in [5.74, 6) is 1.61. The van der Waals surface area contributed by atoms with Gasteiger partial charge in [-0.05, 0) is 36.8 Å². The lowest BCUT2D eigenvalue weighted by molar-refractivity contribution is 0.262.